The lowest BCUT2D eigenvalue weighted by Gasteiger charge is -2.22. The standard InChI is InChI=1S/C26H25N3O5/c1-33-22-14-13-18(15-23(22)34-2)17-28-21(16-24(30)27-19-9-5-3-6-10-19)25(31)29(26(28)32)20-11-7-4-8-12-20/h3-15,21H,16-17H2,1-2H3,(H,27,30)/t21-/m0/s1. The molecule has 0 unspecified atom stereocenters. The maximum Gasteiger partial charge on any atom is 0.332 e. The lowest BCUT2D eigenvalue weighted by atomic mass is 10.1. The second-order valence-electron chi connectivity index (χ2n) is 7.74. The molecular weight excluding hydrogens is 434 g/mol. The Morgan fingerprint density at radius 1 is 0.882 bits per heavy atom. The molecule has 3 aromatic carbocycles. The van der Waals surface area contributed by atoms with E-state index in [4.69, 9.17) is 9.47 Å². The van der Waals surface area contributed by atoms with Gasteiger partial charge in [-0.25, -0.2) is 9.69 Å². The molecule has 4 amide bonds. The van der Waals surface area contributed by atoms with Gasteiger partial charge in [-0.1, -0.05) is 42.5 Å². The van der Waals surface area contributed by atoms with Gasteiger partial charge in [-0.3, -0.25) is 9.59 Å². The molecule has 4 rings (SSSR count). The van der Waals surface area contributed by atoms with E-state index in [9.17, 15) is 14.4 Å². The van der Waals surface area contributed by atoms with E-state index in [1.165, 1.54) is 12.0 Å². The van der Waals surface area contributed by atoms with Crippen molar-refractivity contribution in [2.45, 2.75) is 19.0 Å². The van der Waals surface area contributed by atoms with Crippen LogP contribution in [0.1, 0.15) is 12.0 Å². The van der Waals surface area contributed by atoms with Crippen molar-refractivity contribution < 1.29 is 23.9 Å². The van der Waals surface area contributed by atoms with Crippen LogP contribution in [0.5, 0.6) is 11.5 Å². The maximum absolute atomic E-state index is 13.4. The van der Waals surface area contributed by atoms with E-state index in [1.807, 2.05) is 6.07 Å². The molecule has 1 aliphatic heterocycles. The van der Waals surface area contributed by atoms with Crippen LogP contribution in [-0.2, 0) is 16.1 Å². The number of imide groups is 1. The number of amides is 4. The zero-order valence-corrected chi connectivity index (χ0v) is 18.9. The molecule has 1 fully saturated rings. The Hall–Kier alpha value is -4.33. The van der Waals surface area contributed by atoms with Crippen molar-refractivity contribution in [2.24, 2.45) is 0 Å². The normalized spacial score (nSPS) is 15.4. The maximum atomic E-state index is 13.4. The minimum Gasteiger partial charge on any atom is -0.493 e. The molecule has 34 heavy (non-hydrogen) atoms. The van der Waals surface area contributed by atoms with Crippen molar-refractivity contribution in [2.75, 3.05) is 24.4 Å². The number of ether oxygens (including phenoxy) is 2. The molecule has 1 N–H and O–H groups in total. The van der Waals surface area contributed by atoms with Crippen LogP contribution < -0.4 is 19.7 Å². The van der Waals surface area contributed by atoms with Crippen LogP contribution in [0.15, 0.2) is 78.9 Å². The molecule has 8 nitrogen and oxygen atoms in total. The second-order valence-corrected chi connectivity index (χ2v) is 7.74. The Kier molecular flexibility index (Phi) is 6.77. The van der Waals surface area contributed by atoms with Crippen LogP contribution in [0.3, 0.4) is 0 Å². The second kappa shape index (κ2) is 10.1. The van der Waals surface area contributed by atoms with Gasteiger partial charge in [-0.15, -0.1) is 0 Å². The van der Waals surface area contributed by atoms with E-state index in [-0.39, 0.29) is 18.9 Å². The first-order valence-corrected chi connectivity index (χ1v) is 10.8. The number of carbonyl (C=O) groups excluding carboxylic acids is 3. The molecule has 174 valence electrons. The molecule has 0 radical (unpaired) electrons. The summed E-state index contributed by atoms with van der Waals surface area (Å²) in [5.74, 6) is 0.264. The van der Waals surface area contributed by atoms with Gasteiger partial charge in [0.05, 0.1) is 26.3 Å². The average molecular weight is 460 g/mol. The number of nitrogens with one attached hydrogen (secondary N) is 1. The highest BCUT2D eigenvalue weighted by Crippen LogP contribution is 2.31. The van der Waals surface area contributed by atoms with E-state index in [2.05, 4.69) is 5.32 Å². The first kappa shape index (κ1) is 22.8. The first-order chi connectivity index (χ1) is 16.5. The third-order valence-corrected chi connectivity index (χ3v) is 5.57. The minimum atomic E-state index is -0.954. The summed E-state index contributed by atoms with van der Waals surface area (Å²) < 4.78 is 10.7. The smallest absolute Gasteiger partial charge is 0.332 e. The predicted molar refractivity (Wildman–Crippen MR) is 128 cm³/mol. The minimum absolute atomic E-state index is 0.123. The molecule has 0 saturated carbocycles. The van der Waals surface area contributed by atoms with Gasteiger partial charge >= 0.3 is 6.03 Å². The Morgan fingerprint density at radius 2 is 1.53 bits per heavy atom. The van der Waals surface area contributed by atoms with Crippen molar-refractivity contribution in [3.63, 3.8) is 0 Å². The summed E-state index contributed by atoms with van der Waals surface area (Å²) in [4.78, 5) is 42.1. The van der Waals surface area contributed by atoms with Gasteiger partial charge in [0.2, 0.25) is 5.91 Å². The van der Waals surface area contributed by atoms with E-state index in [1.54, 1.807) is 79.9 Å². The number of methoxy groups -OCH3 is 2. The molecule has 0 aliphatic carbocycles. The van der Waals surface area contributed by atoms with Gasteiger partial charge in [0.15, 0.2) is 11.5 Å². The predicted octanol–water partition coefficient (Wildman–Crippen LogP) is 4.07. The van der Waals surface area contributed by atoms with Crippen molar-refractivity contribution in [3.05, 3.63) is 84.4 Å². The number of carbonyl (C=O) groups is 3. The molecule has 1 heterocycles. The van der Waals surface area contributed by atoms with Crippen molar-refractivity contribution >= 4 is 29.2 Å². The lowest BCUT2D eigenvalue weighted by Crippen LogP contribution is -2.37. The van der Waals surface area contributed by atoms with E-state index in [0.29, 0.717) is 22.9 Å². The first-order valence-electron chi connectivity index (χ1n) is 10.8. The zero-order chi connectivity index (χ0) is 24.1. The molecular formula is C26H25N3O5. The lowest BCUT2D eigenvalue weighted by molar-refractivity contribution is -0.124. The summed E-state index contributed by atoms with van der Waals surface area (Å²) in [5.41, 5.74) is 1.82. The topological polar surface area (TPSA) is 88.2 Å². The SMILES string of the molecule is COc1ccc(CN2C(=O)N(c3ccccc3)C(=O)[C@@H]2CC(=O)Nc2ccccc2)cc1OC. The van der Waals surface area contributed by atoms with E-state index < -0.39 is 18.0 Å². The fourth-order valence-electron chi connectivity index (χ4n) is 3.91. The summed E-state index contributed by atoms with van der Waals surface area (Å²) in [5, 5.41) is 2.79. The van der Waals surface area contributed by atoms with Gasteiger partial charge < -0.3 is 19.7 Å². The van der Waals surface area contributed by atoms with E-state index >= 15 is 0 Å². The quantitative estimate of drug-likeness (QED) is 0.513. The average Bonchev–Trinajstić information content (AvgIpc) is 3.08. The summed E-state index contributed by atoms with van der Waals surface area (Å²) >= 11 is 0. The van der Waals surface area contributed by atoms with Gasteiger partial charge in [0.1, 0.15) is 6.04 Å². The molecule has 8 heteroatoms. The van der Waals surface area contributed by atoms with Crippen LogP contribution in [0.4, 0.5) is 16.2 Å². The number of nitrogens with zero attached hydrogens (tertiary/aromatic N) is 2. The van der Waals surface area contributed by atoms with Gasteiger partial charge in [0.25, 0.3) is 5.91 Å². The number of benzene rings is 3. The highest BCUT2D eigenvalue weighted by Gasteiger charge is 2.46. The van der Waals surface area contributed by atoms with Gasteiger partial charge in [0, 0.05) is 12.2 Å². The summed E-state index contributed by atoms with van der Waals surface area (Å²) in [7, 11) is 3.07. The monoisotopic (exact) mass is 459 g/mol. The largest absolute Gasteiger partial charge is 0.493 e. The molecule has 0 spiro atoms. The number of urea groups is 1. The van der Waals surface area contributed by atoms with Crippen molar-refractivity contribution in [1.82, 2.24) is 4.90 Å². The number of rotatable bonds is 8. The Bertz CT molecular complexity index is 1180. The molecule has 1 atom stereocenters. The van der Waals surface area contributed by atoms with Crippen LogP contribution in [0.2, 0.25) is 0 Å². The van der Waals surface area contributed by atoms with Crippen LogP contribution in [0, 0.1) is 0 Å². The fourth-order valence-corrected chi connectivity index (χ4v) is 3.91. The third-order valence-electron chi connectivity index (χ3n) is 5.57. The summed E-state index contributed by atoms with van der Waals surface area (Å²) in [6, 6.07) is 21.5. The molecule has 3 aromatic rings. The van der Waals surface area contributed by atoms with Crippen LogP contribution in [-0.4, -0.2) is 43.0 Å². The summed E-state index contributed by atoms with van der Waals surface area (Å²) in [6.45, 7) is 0.123. The van der Waals surface area contributed by atoms with E-state index in [0.717, 1.165) is 10.5 Å². The van der Waals surface area contributed by atoms with Crippen LogP contribution >= 0.6 is 0 Å². The Morgan fingerprint density at radius 3 is 2.18 bits per heavy atom. The number of anilines is 2. The number of hydrogen-bond acceptors (Lipinski definition) is 5. The number of para-hydroxylation sites is 2. The zero-order valence-electron chi connectivity index (χ0n) is 18.9. The molecule has 0 aromatic heterocycles. The molecule has 1 saturated heterocycles. The fraction of sp³-hybridized carbons (Fsp3) is 0.192. The Labute approximate surface area is 197 Å². The van der Waals surface area contributed by atoms with Crippen LogP contribution in [0.25, 0.3) is 0 Å². The van der Waals surface area contributed by atoms with Gasteiger partial charge in [-0.2, -0.15) is 0 Å². The molecule has 1 aliphatic rings. The van der Waals surface area contributed by atoms with Crippen molar-refractivity contribution in [3.8, 4) is 11.5 Å². The summed E-state index contributed by atoms with van der Waals surface area (Å²) in [6.07, 6.45) is -0.171. The third kappa shape index (κ3) is 4.71. The highest BCUT2D eigenvalue weighted by atomic mass is 16.5. The van der Waals surface area contributed by atoms with Crippen molar-refractivity contribution in [1.29, 1.82) is 0 Å². The Balaban J connectivity index is 1.62. The van der Waals surface area contributed by atoms with Gasteiger partial charge in [-0.05, 0) is 42.0 Å². The number of hydrogen-bond donors (Lipinski definition) is 1. The molecule has 0 bridgehead atoms. The highest BCUT2D eigenvalue weighted by molar-refractivity contribution is 6.22.